The van der Waals surface area contributed by atoms with Gasteiger partial charge in [-0.3, -0.25) is 4.79 Å². The summed E-state index contributed by atoms with van der Waals surface area (Å²) in [6.07, 6.45) is 33.5. The normalized spacial score (nSPS) is 11.0. The number of hydrogen-bond donors (Lipinski definition) is 1. The van der Waals surface area contributed by atoms with E-state index in [9.17, 15) is 4.79 Å². The molecule has 0 rings (SSSR count). The first-order valence-electron chi connectivity index (χ1n) is 14.2. The van der Waals surface area contributed by atoms with Crippen LogP contribution >= 0.6 is 0 Å². The highest BCUT2D eigenvalue weighted by Crippen LogP contribution is 2.13. The molecule has 0 aliphatic rings. The third-order valence-electron chi connectivity index (χ3n) is 6.41. The Morgan fingerprint density at radius 2 is 0.968 bits per heavy atom. The van der Waals surface area contributed by atoms with Crippen LogP contribution in [0.15, 0.2) is 12.7 Å². The van der Waals surface area contributed by atoms with E-state index in [0.29, 0.717) is 6.42 Å². The Labute approximate surface area is 196 Å². The first-order chi connectivity index (χ1) is 15.3. The van der Waals surface area contributed by atoms with E-state index in [1.165, 1.54) is 128 Å². The monoisotopic (exact) mass is 435 g/mol. The zero-order chi connectivity index (χ0) is 22.7. The number of carbonyl (C=O) groups excluding carboxylic acids is 1. The SMILES string of the molecule is C=CCCCCCCCCC(=O)NCCCCCCCCCCCCCCCCCC. The van der Waals surface area contributed by atoms with Gasteiger partial charge in [0.25, 0.3) is 0 Å². The lowest BCUT2D eigenvalue weighted by Gasteiger charge is -2.06. The molecule has 184 valence electrons. The predicted molar refractivity (Wildman–Crippen MR) is 140 cm³/mol. The number of nitrogens with one attached hydrogen (secondary N) is 1. The van der Waals surface area contributed by atoms with Crippen molar-refractivity contribution < 1.29 is 4.79 Å². The molecule has 0 fully saturated rings. The Hall–Kier alpha value is -0.790. The number of unbranched alkanes of at least 4 members (excludes halogenated alkanes) is 21. The molecular formula is C29H57NO. The van der Waals surface area contributed by atoms with Gasteiger partial charge in [0.15, 0.2) is 0 Å². The lowest BCUT2D eigenvalue weighted by molar-refractivity contribution is -0.121. The van der Waals surface area contributed by atoms with E-state index < -0.39 is 0 Å². The summed E-state index contributed by atoms with van der Waals surface area (Å²) >= 11 is 0. The second-order valence-electron chi connectivity index (χ2n) is 9.60. The van der Waals surface area contributed by atoms with Crippen molar-refractivity contribution in [2.45, 2.75) is 161 Å². The van der Waals surface area contributed by atoms with Crippen molar-refractivity contribution in [3.8, 4) is 0 Å². The Bertz CT molecular complexity index is 366. The second kappa shape index (κ2) is 27.2. The van der Waals surface area contributed by atoms with E-state index in [1.807, 2.05) is 6.08 Å². The topological polar surface area (TPSA) is 29.1 Å². The minimum Gasteiger partial charge on any atom is -0.356 e. The molecule has 0 atom stereocenters. The Kier molecular flexibility index (Phi) is 26.5. The van der Waals surface area contributed by atoms with Crippen LogP contribution in [0.2, 0.25) is 0 Å². The zero-order valence-electron chi connectivity index (χ0n) is 21.4. The minimum absolute atomic E-state index is 0.257. The molecule has 0 unspecified atom stereocenters. The highest BCUT2D eigenvalue weighted by Gasteiger charge is 2.00. The molecule has 0 spiro atoms. The van der Waals surface area contributed by atoms with Gasteiger partial charge >= 0.3 is 0 Å². The van der Waals surface area contributed by atoms with E-state index >= 15 is 0 Å². The van der Waals surface area contributed by atoms with Crippen molar-refractivity contribution in [3.05, 3.63) is 12.7 Å². The summed E-state index contributed by atoms with van der Waals surface area (Å²) in [4.78, 5) is 11.9. The molecule has 31 heavy (non-hydrogen) atoms. The van der Waals surface area contributed by atoms with Gasteiger partial charge in [0.2, 0.25) is 5.91 Å². The first-order valence-corrected chi connectivity index (χ1v) is 14.2. The molecule has 0 aromatic rings. The summed E-state index contributed by atoms with van der Waals surface area (Å²) in [6.45, 7) is 6.92. The van der Waals surface area contributed by atoms with Crippen LogP contribution in [0.3, 0.4) is 0 Å². The molecule has 0 saturated carbocycles. The molecule has 0 radical (unpaired) electrons. The van der Waals surface area contributed by atoms with Gasteiger partial charge in [-0.1, -0.05) is 135 Å². The maximum Gasteiger partial charge on any atom is 0.219 e. The minimum atomic E-state index is 0.257. The van der Waals surface area contributed by atoms with Crippen molar-refractivity contribution in [2.75, 3.05) is 6.54 Å². The van der Waals surface area contributed by atoms with Gasteiger partial charge in [0.1, 0.15) is 0 Å². The standard InChI is InChI=1S/C29H57NO/c1-3-5-7-9-11-13-14-15-16-17-18-19-20-22-24-26-28-30-29(31)27-25-23-21-12-10-8-6-4-2/h4H,2-3,5-28H2,1H3,(H,30,31). The van der Waals surface area contributed by atoms with Gasteiger partial charge < -0.3 is 5.32 Å². The van der Waals surface area contributed by atoms with Crippen LogP contribution < -0.4 is 5.32 Å². The maximum absolute atomic E-state index is 11.9. The zero-order valence-corrected chi connectivity index (χ0v) is 21.4. The van der Waals surface area contributed by atoms with Crippen LogP contribution in [0, 0.1) is 0 Å². The molecular weight excluding hydrogens is 378 g/mol. The average molecular weight is 436 g/mol. The lowest BCUT2D eigenvalue weighted by atomic mass is 10.0. The number of amides is 1. The van der Waals surface area contributed by atoms with Crippen molar-refractivity contribution in [1.29, 1.82) is 0 Å². The summed E-state index contributed by atoms with van der Waals surface area (Å²) in [5.74, 6) is 0.257. The molecule has 2 heteroatoms. The molecule has 0 aliphatic heterocycles. The summed E-state index contributed by atoms with van der Waals surface area (Å²) < 4.78 is 0. The van der Waals surface area contributed by atoms with E-state index in [0.717, 1.165) is 25.8 Å². The summed E-state index contributed by atoms with van der Waals surface area (Å²) in [5.41, 5.74) is 0. The van der Waals surface area contributed by atoms with Gasteiger partial charge in [-0.25, -0.2) is 0 Å². The molecule has 0 aromatic heterocycles. The number of rotatable bonds is 26. The quantitative estimate of drug-likeness (QED) is 0.106. The van der Waals surface area contributed by atoms with E-state index in [1.54, 1.807) is 0 Å². The second-order valence-corrected chi connectivity index (χ2v) is 9.60. The molecule has 0 saturated heterocycles. The number of carbonyl (C=O) groups is 1. The molecule has 1 amide bonds. The van der Waals surface area contributed by atoms with Crippen LogP contribution in [0.5, 0.6) is 0 Å². The third-order valence-corrected chi connectivity index (χ3v) is 6.41. The van der Waals surface area contributed by atoms with Crippen molar-refractivity contribution in [3.63, 3.8) is 0 Å². The fourth-order valence-electron chi connectivity index (χ4n) is 4.27. The van der Waals surface area contributed by atoms with Crippen LogP contribution in [-0.2, 0) is 4.79 Å². The molecule has 2 nitrogen and oxygen atoms in total. The molecule has 0 aromatic carbocycles. The molecule has 0 bridgehead atoms. The van der Waals surface area contributed by atoms with Crippen LogP contribution in [0.1, 0.15) is 161 Å². The van der Waals surface area contributed by atoms with Crippen LogP contribution in [0.25, 0.3) is 0 Å². The lowest BCUT2D eigenvalue weighted by Crippen LogP contribution is -2.23. The van der Waals surface area contributed by atoms with Gasteiger partial charge in [0, 0.05) is 13.0 Å². The molecule has 0 aliphatic carbocycles. The maximum atomic E-state index is 11.9. The van der Waals surface area contributed by atoms with Gasteiger partial charge in [-0.15, -0.1) is 6.58 Å². The number of hydrogen-bond acceptors (Lipinski definition) is 1. The Balaban J connectivity index is 3.12. The molecule has 1 N–H and O–H groups in total. The van der Waals surface area contributed by atoms with Crippen molar-refractivity contribution in [2.24, 2.45) is 0 Å². The first kappa shape index (κ1) is 30.2. The van der Waals surface area contributed by atoms with E-state index in [-0.39, 0.29) is 5.91 Å². The summed E-state index contributed by atoms with van der Waals surface area (Å²) in [6, 6.07) is 0. The van der Waals surface area contributed by atoms with Gasteiger partial charge in [0.05, 0.1) is 0 Å². The highest BCUT2D eigenvalue weighted by molar-refractivity contribution is 5.75. The summed E-state index contributed by atoms with van der Waals surface area (Å²) in [5, 5.41) is 3.10. The van der Waals surface area contributed by atoms with Crippen LogP contribution in [0.4, 0.5) is 0 Å². The fourth-order valence-corrected chi connectivity index (χ4v) is 4.27. The third kappa shape index (κ3) is 27.2. The largest absolute Gasteiger partial charge is 0.356 e. The van der Waals surface area contributed by atoms with Crippen LogP contribution in [-0.4, -0.2) is 12.5 Å². The van der Waals surface area contributed by atoms with Crippen molar-refractivity contribution >= 4 is 5.91 Å². The highest BCUT2D eigenvalue weighted by atomic mass is 16.1. The molecule has 0 heterocycles. The summed E-state index contributed by atoms with van der Waals surface area (Å²) in [7, 11) is 0. The van der Waals surface area contributed by atoms with E-state index in [2.05, 4.69) is 18.8 Å². The predicted octanol–water partition coefficient (Wildman–Crippen LogP) is 9.67. The smallest absolute Gasteiger partial charge is 0.219 e. The average Bonchev–Trinajstić information content (AvgIpc) is 2.77. The van der Waals surface area contributed by atoms with E-state index in [4.69, 9.17) is 0 Å². The van der Waals surface area contributed by atoms with Gasteiger partial charge in [-0.2, -0.15) is 0 Å². The number of allylic oxidation sites excluding steroid dienone is 1. The Morgan fingerprint density at radius 3 is 1.42 bits per heavy atom. The Morgan fingerprint density at radius 1 is 0.581 bits per heavy atom. The van der Waals surface area contributed by atoms with Gasteiger partial charge in [-0.05, 0) is 25.7 Å². The van der Waals surface area contributed by atoms with Crippen molar-refractivity contribution in [1.82, 2.24) is 5.32 Å². The fraction of sp³-hybridized carbons (Fsp3) is 0.897.